The van der Waals surface area contributed by atoms with E-state index in [-0.39, 0.29) is 5.41 Å². The van der Waals surface area contributed by atoms with E-state index in [2.05, 4.69) is 255 Å². The fourth-order valence-electron chi connectivity index (χ4n) is 13.2. The molecule has 0 heterocycles. The number of para-hydroxylation sites is 1. The van der Waals surface area contributed by atoms with Crippen molar-refractivity contribution in [2.24, 2.45) is 0 Å². The van der Waals surface area contributed by atoms with Gasteiger partial charge in [0, 0.05) is 22.5 Å². The molecule has 310 valence electrons. The fraction of sp³-hybridized carbons (Fsp3) is 0.0769. The molecule has 0 amide bonds. The number of fused-ring (bicyclic) bond motifs is 19. The SMILES string of the molecule is CC1(C)c2ccccc2-c2c(-c3ccc(N(c4ccccc4)c4ccc5c(c4)C4(c6ccccc6-5)c5ccccc5C5(c6ccccc6-c6ccccc65)c5ccccc54)cc3)cccc21. The molecular weight excluding hydrogens is 795 g/mol. The van der Waals surface area contributed by atoms with Gasteiger partial charge in [-0.05, 0) is 137 Å². The number of rotatable bonds is 4. The van der Waals surface area contributed by atoms with E-state index < -0.39 is 10.8 Å². The summed E-state index contributed by atoms with van der Waals surface area (Å²) < 4.78 is 0. The molecule has 4 aliphatic carbocycles. The Bertz CT molecular complexity index is 3530. The number of hydrogen-bond acceptors (Lipinski definition) is 1. The molecule has 0 atom stereocenters. The third-order valence-corrected chi connectivity index (χ3v) is 15.8. The van der Waals surface area contributed by atoms with Crippen molar-refractivity contribution >= 4 is 17.1 Å². The maximum atomic E-state index is 2.52. The summed E-state index contributed by atoms with van der Waals surface area (Å²) in [6.07, 6.45) is 0. The molecule has 0 radical (unpaired) electrons. The number of benzene rings is 10. The van der Waals surface area contributed by atoms with Crippen LogP contribution in [-0.4, -0.2) is 0 Å². The Balaban J connectivity index is 0.989. The first-order valence-corrected chi connectivity index (χ1v) is 23.3. The second-order valence-corrected chi connectivity index (χ2v) is 19.1. The van der Waals surface area contributed by atoms with Crippen LogP contribution < -0.4 is 4.90 Å². The Hall–Kier alpha value is -8.00. The molecule has 14 rings (SSSR count). The lowest BCUT2D eigenvalue weighted by atomic mass is 9.52. The van der Waals surface area contributed by atoms with Gasteiger partial charge in [-0.3, -0.25) is 0 Å². The molecule has 0 bridgehead atoms. The van der Waals surface area contributed by atoms with Gasteiger partial charge in [-0.25, -0.2) is 0 Å². The molecule has 1 nitrogen and oxygen atoms in total. The minimum atomic E-state index is -0.573. The molecule has 0 aliphatic heterocycles. The van der Waals surface area contributed by atoms with Crippen molar-refractivity contribution in [1.82, 2.24) is 0 Å². The first kappa shape index (κ1) is 37.4. The van der Waals surface area contributed by atoms with Gasteiger partial charge < -0.3 is 4.90 Å². The van der Waals surface area contributed by atoms with E-state index in [4.69, 9.17) is 0 Å². The van der Waals surface area contributed by atoms with Crippen molar-refractivity contribution in [2.45, 2.75) is 30.1 Å². The molecule has 0 saturated carbocycles. The lowest BCUT2D eigenvalue weighted by Crippen LogP contribution is -2.43. The molecule has 0 aromatic heterocycles. The van der Waals surface area contributed by atoms with Crippen LogP contribution in [0.4, 0.5) is 17.1 Å². The quantitative estimate of drug-likeness (QED) is 0.171. The Kier molecular flexibility index (Phi) is 7.66. The largest absolute Gasteiger partial charge is 0.310 e. The second-order valence-electron chi connectivity index (χ2n) is 19.1. The van der Waals surface area contributed by atoms with E-state index in [1.807, 2.05) is 0 Å². The van der Waals surface area contributed by atoms with E-state index in [0.29, 0.717) is 0 Å². The van der Waals surface area contributed by atoms with Gasteiger partial charge in [0.1, 0.15) is 0 Å². The van der Waals surface area contributed by atoms with Gasteiger partial charge in [0.15, 0.2) is 0 Å². The van der Waals surface area contributed by atoms with E-state index in [0.717, 1.165) is 17.1 Å². The Morgan fingerprint density at radius 1 is 0.258 bits per heavy atom. The average Bonchev–Trinajstić information content (AvgIpc) is 3.93. The predicted octanol–water partition coefficient (Wildman–Crippen LogP) is 16.2. The molecule has 66 heavy (non-hydrogen) atoms. The molecule has 10 aromatic rings. The van der Waals surface area contributed by atoms with Gasteiger partial charge in [-0.2, -0.15) is 0 Å². The summed E-state index contributed by atoms with van der Waals surface area (Å²) in [6.45, 7) is 4.72. The monoisotopic (exact) mass is 839 g/mol. The average molecular weight is 840 g/mol. The molecule has 4 aliphatic rings. The van der Waals surface area contributed by atoms with Crippen LogP contribution in [0.25, 0.3) is 44.5 Å². The van der Waals surface area contributed by atoms with Crippen molar-refractivity contribution in [3.8, 4) is 44.5 Å². The van der Waals surface area contributed by atoms with Crippen LogP contribution in [0.2, 0.25) is 0 Å². The minimum absolute atomic E-state index is 0.0530. The summed E-state index contributed by atoms with van der Waals surface area (Å²) in [6, 6.07) is 89.4. The standard InChI is InChI=1S/C65H45N/c1-63(2)52-26-10-9-24-51(52)62-46(25-18-34-60(62)63)42-35-37-44(38-36-42)66(43-19-4-3-5-20-43)45-39-40-50-49-23-8-13-29-55(49)65(61(50)41-45)58-32-16-14-30-56(58)64(57-31-15-17-33-59(57)65)53-27-11-6-21-47(53)48-22-7-12-28-54(48)64/h3-41H,1-2H3. The molecular formula is C65H45N. The topological polar surface area (TPSA) is 3.24 Å². The van der Waals surface area contributed by atoms with Gasteiger partial charge in [0.2, 0.25) is 0 Å². The smallest absolute Gasteiger partial charge is 0.0720 e. The van der Waals surface area contributed by atoms with Gasteiger partial charge in [0.25, 0.3) is 0 Å². The highest BCUT2D eigenvalue weighted by Crippen LogP contribution is 2.67. The zero-order valence-corrected chi connectivity index (χ0v) is 37.0. The minimum Gasteiger partial charge on any atom is -0.310 e. The Labute approximate surface area is 387 Å². The zero-order valence-electron chi connectivity index (χ0n) is 37.0. The van der Waals surface area contributed by atoms with Crippen LogP contribution in [0.3, 0.4) is 0 Å². The fourth-order valence-corrected chi connectivity index (χ4v) is 13.2. The highest BCUT2D eigenvalue weighted by molar-refractivity contribution is 5.96. The van der Waals surface area contributed by atoms with Crippen LogP contribution in [-0.2, 0) is 16.2 Å². The van der Waals surface area contributed by atoms with E-state index in [1.165, 1.54) is 100 Å². The van der Waals surface area contributed by atoms with Crippen LogP contribution in [0, 0.1) is 0 Å². The molecule has 0 N–H and O–H groups in total. The highest BCUT2D eigenvalue weighted by atomic mass is 15.1. The molecule has 0 saturated heterocycles. The second kappa shape index (κ2) is 13.5. The van der Waals surface area contributed by atoms with Crippen LogP contribution in [0.1, 0.15) is 69.5 Å². The van der Waals surface area contributed by atoms with Gasteiger partial charge in [0.05, 0.1) is 10.8 Å². The number of nitrogens with zero attached hydrogens (tertiary/aromatic N) is 1. The van der Waals surface area contributed by atoms with Crippen LogP contribution in [0.15, 0.2) is 237 Å². The van der Waals surface area contributed by atoms with Crippen molar-refractivity contribution in [3.05, 3.63) is 292 Å². The maximum Gasteiger partial charge on any atom is 0.0720 e. The maximum absolute atomic E-state index is 2.52. The highest BCUT2D eigenvalue weighted by Gasteiger charge is 2.59. The van der Waals surface area contributed by atoms with Crippen molar-refractivity contribution in [2.75, 3.05) is 4.90 Å². The first-order chi connectivity index (χ1) is 32.5. The first-order valence-electron chi connectivity index (χ1n) is 23.3. The van der Waals surface area contributed by atoms with Crippen LogP contribution >= 0.6 is 0 Å². The molecule has 0 fully saturated rings. The van der Waals surface area contributed by atoms with E-state index in [1.54, 1.807) is 0 Å². The third-order valence-electron chi connectivity index (χ3n) is 15.8. The Morgan fingerprint density at radius 3 is 1.18 bits per heavy atom. The van der Waals surface area contributed by atoms with E-state index in [9.17, 15) is 0 Å². The van der Waals surface area contributed by atoms with Crippen LogP contribution in [0.5, 0.6) is 0 Å². The normalized spacial score (nSPS) is 15.2. The summed E-state index contributed by atoms with van der Waals surface area (Å²) in [7, 11) is 0. The third kappa shape index (κ3) is 4.64. The summed E-state index contributed by atoms with van der Waals surface area (Å²) >= 11 is 0. The van der Waals surface area contributed by atoms with Crippen molar-refractivity contribution in [1.29, 1.82) is 0 Å². The zero-order chi connectivity index (χ0) is 43.8. The lowest BCUT2D eigenvalue weighted by Gasteiger charge is -2.49. The van der Waals surface area contributed by atoms with E-state index >= 15 is 0 Å². The Morgan fingerprint density at radius 2 is 0.636 bits per heavy atom. The number of hydrogen-bond donors (Lipinski definition) is 0. The summed E-state index contributed by atoms with van der Waals surface area (Å²) in [5.74, 6) is 0. The molecule has 10 aromatic carbocycles. The molecule has 0 unspecified atom stereocenters. The summed E-state index contributed by atoms with van der Waals surface area (Å²) in [5, 5.41) is 0. The summed E-state index contributed by atoms with van der Waals surface area (Å²) in [4.78, 5) is 2.44. The number of anilines is 3. The van der Waals surface area contributed by atoms with Crippen molar-refractivity contribution < 1.29 is 0 Å². The van der Waals surface area contributed by atoms with Gasteiger partial charge in [-0.15, -0.1) is 0 Å². The predicted molar refractivity (Wildman–Crippen MR) is 272 cm³/mol. The molecule has 2 spiro atoms. The van der Waals surface area contributed by atoms with Crippen molar-refractivity contribution in [3.63, 3.8) is 0 Å². The van der Waals surface area contributed by atoms with Gasteiger partial charge in [-0.1, -0.05) is 214 Å². The lowest BCUT2D eigenvalue weighted by molar-refractivity contribution is 0.633. The molecule has 1 heteroatoms. The summed E-state index contributed by atoms with van der Waals surface area (Å²) in [5.41, 5.74) is 26.2. The van der Waals surface area contributed by atoms with Gasteiger partial charge >= 0.3 is 0 Å².